The van der Waals surface area contributed by atoms with Gasteiger partial charge in [0.2, 0.25) is 6.41 Å². The third-order valence-electron chi connectivity index (χ3n) is 2.42. The van der Waals surface area contributed by atoms with Gasteiger partial charge in [0.05, 0.1) is 12.7 Å². The molecular formula is C10H16IrN2O5. The fourth-order valence-corrected chi connectivity index (χ4v) is 1.63. The summed E-state index contributed by atoms with van der Waals surface area (Å²) < 4.78 is 5.30. The second-order valence-electron chi connectivity index (χ2n) is 3.57. The van der Waals surface area contributed by atoms with Crippen molar-refractivity contribution in [2.24, 2.45) is 0 Å². The summed E-state index contributed by atoms with van der Waals surface area (Å²) in [6.45, 7) is 1.38. The van der Waals surface area contributed by atoms with Gasteiger partial charge in [-0.3, -0.25) is 15.0 Å². The minimum absolute atomic E-state index is 0. The van der Waals surface area contributed by atoms with Crippen LogP contribution in [0.2, 0.25) is 0 Å². The van der Waals surface area contributed by atoms with E-state index in [0.717, 1.165) is 4.90 Å². The van der Waals surface area contributed by atoms with Gasteiger partial charge in [-0.2, -0.15) is 0 Å². The molecule has 1 heterocycles. The molecule has 8 heteroatoms. The number of amides is 3. The Hall–Kier alpha value is -0.791. The zero-order valence-corrected chi connectivity index (χ0v) is 12.2. The smallest absolute Gasteiger partial charge is 0.329 e. The van der Waals surface area contributed by atoms with Crippen molar-refractivity contribution in [2.75, 3.05) is 6.61 Å². The quantitative estimate of drug-likeness (QED) is 0.499. The number of nitrogens with one attached hydrogen (secondary N) is 1. The first kappa shape index (κ1) is 17.2. The van der Waals surface area contributed by atoms with E-state index in [-0.39, 0.29) is 39.5 Å². The number of carbonyl (C=O) groups excluding carboxylic acids is 2. The van der Waals surface area contributed by atoms with Crippen LogP contribution >= 0.6 is 0 Å². The van der Waals surface area contributed by atoms with Crippen LogP contribution in [0.4, 0.5) is 4.79 Å². The minimum atomic E-state index is -0.832. The van der Waals surface area contributed by atoms with Crippen LogP contribution in [0.5, 0.6) is 0 Å². The van der Waals surface area contributed by atoms with E-state index in [2.05, 4.69) is 0 Å². The molecule has 3 unspecified atom stereocenters. The second-order valence-corrected chi connectivity index (χ2v) is 3.57. The number of rotatable bonds is 4. The van der Waals surface area contributed by atoms with E-state index in [9.17, 15) is 14.7 Å². The molecule has 3 N–H and O–H groups in total. The van der Waals surface area contributed by atoms with E-state index in [4.69, 9.17) is 9.84 Å². The number of aliphatic hydroxyl groups is 2. The molecule has 3 atom stereocenters. The molecule has 1 aliphatic heterocycles. The van der Waals surface area contributed by atoms with Crippen LogP contribution in [0.25, 0.3) is 0 Å². The normalized spacial score (nSPS) is 26.7. The van der Waals surface area contributed by atoms with Gasteiger partial charge in [0.15, 0.2) is 0 Å². The molecule has 0 aromatic rings. The molecule has 1 rings (SSSR count). The number of imide groups is 1. The van der Waals surface area contributed by atoms with Crippen molar-refractivity contribution in [3.8, 4) is 0 Å². The number of nitrogens with zero attached hydrogens (tertiary/aromatic N) is 1. The third kappa shape index (κ3) is 4.15. The van der Waals surface area contributed by atoms with E-state index < -0.39 is 24.5 Å². The Bertz CT molecular complexity index is 313. The monoisotopic (exact) mass is 437 g/mol. The first-order valence-electron chi connectivity index (χ1n) is 5.23. The van der Waals surface area contributed by atoms with Crippen LogP contribution < -0.4 is 5.32 Å². The predicted molar refractivity (Wildman–Crippen MR) is 57.6 cm³/mol. The molecule has 3 amide bonds. The maximum absolute atomic E-state index is 11.5. The fourth-order valence-electron chi connectivity index (χ4n) is 1.63. The summed E-state index contributed by atoms with van der Waals surface area (Å²) in [6.07, 6.45) is 1.26. The van der Waals surface area contributed by atoms with Crippen LogP contribution in [0, 0.1) is 0 Å². The van der Waals surface area contributed by atoms with Crippen LogP contribution in [0.3, 0.4) is 0 Å². The molecule has 1 saturated heterocycles. The Kier molecular flexibility index (Phi) is 7.97. The van der Waals surface area contributed by atoms with E-state index in [1.807, 2.05) is 5.32 Å². The summed E-state index contributed by atoms with van der Waals surface area (Å²) in [4.78, 5) is 22.9. The fraction of sp³-hybridized carbons (Fsp3) is 0.600. The van der Waals surface area contributed by atoms with E-state index in [1.54, 1.807) is 13.0 Å². The molecule has 0 bridgehead atoms. The summed E-state index contributed by atoms with van der Waals surface area (Å²) in [5.41, 5.74) is 0. The molecule has 0 spiro atoms. The molecule has 1 aliphatic rings. The standard InChI is InChI=1S/C10H16N2O5.Ir/c1-2-3-12(10(16)11-6-14)9-4-7(15)8(5-13)17-9;/h2-3,6-9,13,15H,4-5H2,1H3,(H,11,14,16);/b3-2-;. The largest absolute Gasteiger partial charge is 0.394 e. The number of hydrogen-bond acceptors (Lipinski definition) is 5. The van der Waals surface area contributed by atoms with Crippen LogP contribution in [0.15, 0.2) is 12.3 Å². The number of hydrogen-bond donors (Lipinski definition) is 3. The molecule has 0 aromatic carbocycles. The van der Waals surface area contributed by atoms with Gasteiger partial charge in [0.1, 0.15) is 12.3 Å². The van der Waals surface area contributed by atoms with Crippen LogP contribution in [-0.4, -0.2) is 52.6 Å². The van der Waals surface area contributed by atoms with Crippen molar-refractivity contribution in [2.45, 2.75) is 31.8 Å². The van der Waals surface area contributed by atoms with Gasteiger partial charge in [-0.1, -0.05) is 6.08 Å². The predicted octanol–water partition coefficient (Wildman–Crippen LogP) is -0.846. The number of urea groups is 1. The topological polar surface area (TPSA) is 99.1 Å². The average Bonchev–Trinajstić information content (AvgIpc) is 2.67. The molecule has 1 fully saturated rings. The van der Waals surface area contributed by atoms with Gasteiger partial charge in [0.25, 0.3) is 0 Å². The van der Waals surface area contributed by atoms with Gasteiger partial charge in [-0.05, 0) is 6.92 Å². The van der Waals surface area contributed by atoms with Crippen molar-refractivity contribution < 1.29 is 44.6 Å². The molecule has 18 heavy (non-hydrogen) atoms. The minimum Gasteiger partial charge on any atom is -0.394 e. The Morgan fingerprint density at radius 2 is 2.28 bits per heavy atom. The average molecular weight is 436 g/mol. The first-order chi connectivity index (χ1) is 8.13. The summed E-state index contributed by atoms with van der Waals surface area (Å²) >= 11 is 0. The van der Waals surface area contributed by atoms with Crippen LogP contribution in [0.1, 0.15) is 13.3 Å². The Morgan fingerprint density at radius 3 is 2.72 bits per heavy atom. The van der Waals surface area contributed by atoms with Crippen molar-refractivity contribution in [3.63, 3.8) is 0 Å². The molecule has 0 saturated carbocycles. The van der Waals surface area contributed by atoms with Gasteiger partial charge in [0, 0.05) is 32.7 Å². The van der Waals surface area contributed by atoms with Crippen LogP contribution in [-0.2, 0) is 29.6 Å². The number of carbonyl (C=O) groups is 2. The Labute approximate surface area is 118 Å². The molecule has 1 radical (unpaired) electrons. The number of ether oxygens (including phenoxy) is 1. The van der Waals surface area contributed by atoms with Crippen molar-refractivity contribution >= 4 is 12.4 Å². The van der Waals surface area contributed by atoms with Crippen molar-refractivity contribution in [3.05, 3.63) is 12.3 Å². The zero-order valence-electron chi connectivity index (χ0n) is 9.78. The summed E-state index contributed by atoms with van der Waals surface area (Å²) in [6, 6.07) is -0.645. The van der Waals surface area contributed by atoms with E-state index >= 15 is 0 Å². The molecule has 0 aromatic heterocycles. The molecule has 105 valence electrons. The summed E-state index contributed by atoms with van der Waals surface area (Å²) in [5.74, 6) is 0. The number of allylic oxidation sites excluding steroid dienone is 1. The number of aliphatic hydroxyl groups excluding tert-OH is 2. The molecule has 7 nitrogen and oxygen atoms in total. The third-order valence-corrected chi connectivity index (χ3v) is 2.42. The summed E-state index contributed by atoms with van der Waals surface area (Å²) in [7, 11) is 0. The Balaban J connectivity index is 0.00000289. The van der Waals surface area contributed by atoms with Gasteiger partial charge < -0.3 is 14.9 Å². The van der Waals surface area contributed by atoms with Crippen molar-refractivity contribution in [1.29, 1.82) is 0 Å². The van der Waals surface area contributed by atoms with E-state index in [0.29, 0.717) is 0 Å². The van der Waals surface area contributed by atoms with Gasteiger partial charge in [-0.25, -0.2) is 4.79 Å². The SMILES string of the molecule is C/C=C\N(C(=O)NC=O)C1CC(O)C(CO)O1.[Ir]. The van der Waals surface area contributed by atoms with Gasteiger partial charge in [-0.15, -0.1) is 0 Å². The Morgan fingerprint density at radius 1 is 1.61 bits per heavy atom. The van der Waals surface area contributed by atoms with E-state index in [1.165, 1.54) is 6.20 Å². The van der Waals surface area contributed by atoms with Crippen molar-refractivity contribution in [1.82, 2.24) is 10.2 Å². The maximum Gasteiger partial charge on any atom is 0.329 e. The molecule has 0 aliphatic carbocycles. The summed E-state index contributed by atoms with van der Waals surface area (Å²) in [5, 5.41) is 20.5. The molecular weight excluding hydrogens is 420 g/mol. The second kappa shape index (κ2) is 8.34. The van der Waals surface area contributed by atoms with Gasteiger partial charge >= 0.3 is 6.03 Å². The zero-order chi connectivity index (χ0) is 12.8. The maximum atomic E-state index is 11.5. The first-order valence-corrected chi connectivity index (χ1v) is 5.23.